The number of aromatic amines is 1. The van der Waals surface area contributed by atoms with Gasteiger partial charge in [0.1, 0.15) is 11.9 Å². The fraction of sp³-hybridized carbons (Fsp3) is 0.556. The SMILES string of the molecule is CC1(NC(=O)O[C@@H]2CC[C@H](c3cc(Nc4cnc(C(F)(F)F)cn4)n[nH]3)C2)CC1. The van der Waals surface area contributed by atoms with Crippen molar-refractivity contribution in [1.82, 2.24) is 25.5 Å². The van der Waals surface area contributed by atoms with Gasteiger partial charge in [-0.15, -0.1) is 0 Å². The third kappa shape index (κ3) is 4.77. The Morgan fingerprint density at radius 3 is 2.69 bits per heavy atom. The molecular weight excluding hydrogens is 389 g/mol. The first kappa shape index (κ1) is 19.5. The molecule has 2 aromatic heterocycles. The summed E-state index contributed by atoms with van der Waals surface area (Å²) in [5.74, 6) is 0.748. The lowest BCUT2D eigenvalue weighted by molar-refractivity contribution is -0.141. The molecule has 2 aliphatic carbocycles. The predicted molar refractivity (Wildman–Crippen MR) is 96.5 cm³/mol. The minimum absolute atomic E-state index is 0.111. The van der Waals surface area contributed by atoms with Crippen LogP contribution in [0.4, 0.5) is 29.6 Å². The van der Waals surface area contributed by atoms with E-state index >= 15 is 0 Å². The van der Waals surface area contributed by atoms with Gasteiger partial charge in [-0.05, 0) is 39.0 Å². The molecule has 29 heavy (non-hydrogen) atoms. The van der Waals surface area contributed by atoms with Crippen molar-refractivity contribution < 1.29 is 22.7 Å². The number of rotatable bonds is 5. The van der Waals surface area contributed by atoms with Crippen molar-refractivity contribution in [1.29, 1.82) is 0 Å². The molecule has 2 heterocycles. The molecule has 0 saturated heterocycles. The van der Waals surface area contributed by atoms with Crippen LogP contribution in [0.25, 0.3) is 0 Å². The van der Waals surface area contributed by atoms with E-state index in [1.807, 2.05) is 6.92 Å². The Bertz CT molecular complexity index is 878. The Kier molecular flexibility index (Phi) is 4.83. The molecule has 0 spiro atoms. The van der Waals surface area contributed by atoms with Crippen LogP contribution in [0.15, 0.2) is 18.5 Å². The van der Waals surface area contributed by atoms with Gasteiger partial charge in [-0.2, -0.15) is 18.3 Å². The van der Waals surface area contributed by atoms with Crippen LogP contribution >= 0.6 is 0 Å². The first-order chi connectivity index (χ1) is 13.7. The smallest absolute Gasteiger partial charge is 0.434 e. The van der Waals surface area contributed by atoms with E-state index < -0.39 is 11.9 Å². The Labute approximate surface area is 164 Å². The lowest BCUT2D eigenvalue weighted by atomic mass is 10.0. The Balaban J connectivity index is 1.30. The van der Waals surface area contributed by atoms with Crippen molar-refractivity contribution in [3.05, 3.63) is 29.8 Å². The first-order valence-corrected chi connectivity index (χ1v) is 9.41. The van der Waals surface area contributed by atoms with E-state index in [0.29, 0.717) is 18.4 Å². The molecule has 0 bridgehead atoms. The second kappa shape index (κ2) is 7.20. The van der Waals surface area contributed by atoms with Crippen LogP contribution in [0, 0.1) is 0 Å². The highest BCUT2D eigenvalue weighted by Gasteiger charge is 2.40. The Morgan fingerprint density at radius 1 is 1.24 bits per heavy atom. The molecule has 3 N–H and O–H groups in total. The van der Waals surface area contributed by atoms with E-state index in [1.165, 1.54) is 0 Å². The van der Waals surface area contributed by atoms with Crippen LogP contribution in [0.3, 0.4) is 0 Å². The number of nitrogens with one attached hydrogen (secondary N) is 3. The number of aromatic nitrogens is 4. The van der Waals surface area contributed by atoms with Crippen molar-refractivity contribution in [2.75, 3.05) is 5.32 Å². The average molecular weight is 410 g/mol. The predicted octanol–water partition coefficient (Wildman–Crippen LogP) is 3.88. The highest BCUT2D eigenvalue weighted by atomic mass is 19.4. The third-order valence-electron chi connectivity index (χ3n) is 5.30. The summed E-state index contributed by atoms with van der Waals surface area (Å²) in [7, 11) is 0. The molecule has 2 atom stereocenters. The molecule has 11 heteroatoms. The molecule has 2 aliphatic rings. The van der Waals surface area contributed by atoms with Crippen LogP contribution < -0.4 is 10.6 Å². The Hall–Kier alpha value is -2.85. The van der Waals surface area contributed by atoms with Gasteiger partial charge in [0.15, 0.2) is 11.5 Å². The van der Waals surface area contributed by atoms with Gasteiger partial charge in [0.05, 0.1) is 12.4 Å². The summed E-state index contributed by atoms with van der Waals surface area (Å²) in [5, 5.41) is 12.8. The number of ether oxygens (including phenoxy) is 1. The summed E-state index contributed by atoms with van der Waals surface area (Å²) < 4.78 is 43.1. The fourth-order valence-electron chi connectivity index (χ4n) is 3.35. The number of carbonyl (C=O) groups is 1. The zero-order valence-corrected chi connectivity index (χ0v) is 15.7. The zero-order chi connectivity index (χ0) is 20.6. The highest BCUT2D eigenvalue weighted by molar-refractivity contribution is 5.69. The fourth-order valence-corrected chi connectivity index (χ4v) is 3.35. The molecular formula is C18H21F3N6O2. The zero-order valence-electron chi connectivity index (χ0n) is 15.7. The standard InChI is InChI=1S/C18H21F3N6O2/c1-17(4-5-17)25-16(28)29-11-3-2-10(6-11)12-7-14(27-26-12)24-15-9-22-13(8-23-15)18(19,20)21/h7-11H,2-6H2,1H3,(H,25,28)(H2,23,24,26,27)/t10-,11+/m0/s1. The lowest BCUT2D eigenvalue weighted by Crippen LogP contribution is -2.36. The number of H-pyrrole nitrogens is 1. The quantitative estimate of drug-likeness (QED) is 0.691. The van der Waals surface area contributed by atoms with E-state index in [1.54, 1.807) is 6.07 Å². The molecule has 0 unspecified atom stereocenters. The van der Waals surface area contributed by atoms with Gasteiger partial charge in [-0.25, -0.2) is 14.8 Å². The number of nitrogens with zero attached hydrogens (tertiary/aromatic N) is 3. The molecule has 0 aliphatic heterocycles. The summed E-state index contributed by atoms with van der Waals surface area (Å²) in [6.07, 6.45) is 0.873. The largest absolute Gasteiger partial charge is 0.446 e. The number of hydrogen-bond acceptors (Lipinski definition) is 6. The van der Waals surface area contributed by atoms with Gasteiger partial charge in [0.2, 0.25) is 0 Å². The van der Waals surface area contributed by atoms with Crippen LogP contribution in [-0.2, 0) is 10.9 Å². The average Bonchev–Trinajstić information content (AvgIpc) is 3.04. The number of alkyl carbamates (subject to hydrolysis) is 1. The lowest BCUT2D eigenvalue weighted by Gasteiger charge is -2.16. The molecule has 0 aromatic carbocycles. The molecule has 1 amide bonds. The summed E-state index contributed by atoms with van der Waals surface area (Å²) in [5.41, 5.74) is -0.296. The molecule has 4 rings (SSSR count). The second-order valence-electron chi connectivity index (χ2n) is 7.84. The number of anilines is 2. The number of amides is 1. The summed E-state index contributed by atoms with van der Waals surface area (Å²) in [6.45, 7) is 1.99. The summed E-state index contributed by atoms with van der Waals surface area (Å²) in [6, 6.07) is 1.78. The van der Waals surface area contributed by atoms with E-state index in [4.69, 9.17) is 4.74 Å². The highest BCUT2D eigenvalue weighted by Crippen LogP contribution is 2.37. The van der Waals surface area contributed by atoms with Crippen molar-refractivity contribution in [2.45, 2.75) is 62.8 Å². The second-order valence-corrected chi connectivity index (χ2v) is 7.84. The number of carbonyl (C=O) groups excluding carboxylic acids is 1. The number of halogens is 3. The van der Waals surface area contributed by atoms with Gasteiger partial charge in [-0.1, -0.05) is 0 Å². The summed E-state index contributed by atoms with van der Waals surface area (Å²) in [4.78, 5) is 19.0. The van der Waals surface area contributed by atoms with Crippen molar-refractivity contribution in [3.63, 3.8) is 0 Å². The van der Waals surface area contributed by atoms with E-state index in [-0.39, 0.29) is 29.5 Å². The van der Waals surface area contributed by atoms with Crippen LogP contribution in [0.2, 0.25) is 0 Å². The topological polar surface area (TPSA) is 105 Å². The third-order valence-corrected chi connectivity index (χ3v) is 5.30. The number of hydrogen-bond donors (Lipinski definition) is 3. The van der Waals surface area contributed by atoms with Gasteiger partial charge >= 0.3 is 12.3 Å². The Morgan fingerprint density at radius 2 is 2.03 bits per heavy atom. The van der Waals surface area contributed by atoms with E-state index in [9.17, 15) is 18.0 Å². The van der Waals surface area contributed by atoms with Crippen molar-refractivity contribution in [2.24, 2.45) is 0 Å². The summed E-state index contributed by atoms with van der Waals surface area (Å²) >= 11 is 0. The molecule has 2 saturated carbocycles. The minimum atomic E-state index is -4.53. The molecule has 8 nitrogen and oxygen atoms in total. The molecule has 2 fully saturated rings. The van der Waals surface area contributed by atoms with Gasteiger partial charge < -0.3 is 15.4 Å². The van der Waals surface area contributed by atoms with Gasteiger partial charge in [0, 0.05) is 23.2 Å². The molecule has 156 valence electrons. The maximum Gasteiger partial charge on any atom is 0.434 e. The normalized spacial score (nSPS) is 22.9. The van der Waals surface area contributed by atoms with Crippen molar-refractivity contribution in [3.8, 4) is 0 Å². The molecule has 2 aromatic rings. The van der Waals surface area contributed by atoms with Crippen molar-refractivity contribution >= 4 is 17.7 Å². The monoisotopic (exact) mass is 410 g/mol. The number of alkyl halides is 3. The van der Waals surface area contributed by atoms with E-state index in [2.05, 4.69) is 30.8 Å². The maximum absolute atomic E-state index is 12.5. The van der Waals surface area contributed by atoms with Gasteiger partial charge in [0.25, 0.3) is 0 Å². The first-order valence-electron chi connectivity index (χ1n) is 9.41. The van der Waals surface area contributed by atoms with E-state index in [0.717, 1.165) is 37.6 Å². The maximum atomic E-state index is 12.5. The van der Waals surface area contributed by atoms with Crippen LogP contribution in [0.1, 0.15) is 56.3 Å². The minimum Gasteiger partial charge on any atom is -0.446 e. The molecule has 0 radical (unpaired) electrons. The van der Waals surface area contributed by atoms with Gasteiger partial charge in [-0.3, -0.25) is 5.10 Å². The van der Waals surface area contributed by atoms with Crippen LogP contribution in [-0.4, -0.2) is 37.9 Å². The van der Waals surface area contributed by atoms with Crippen LogP contribution in [0.5, 0.6) is 0 Å².